The molecule has 1 aromatic carbocycles. The Labute approximate surface area is 114 Å². The topological polar surface area (TPSA) is 49.4 Å². The van der Waals surface area contributed by atoms with Crippen molar-refractivity contribution in [1.82, 2.24) is 9.62 Å². The lowest BCUT2D eigenvalue weighted by atomic mass is 10.2. The van der Waals surface area contributed by atoms with Crippen LogP contribution >= 0.6 is 12.4 Å². The summed E-state index contributed by atoms with van der Waals surface area (Å²) in [4.78, 5) is 0. The van der Waals surface area contributed by atoms with E-state index in [1.807, 2.05) is 30.3 Å². The Kier molecular flexibility index (Phi) is 5.81. The molecule has 0 amide bonds. The van der Waals surface area contributed by atoms with Gasteiger partial charge in [0.2, 0.25) is 10.0 Å². The van der Waals surface area contributed by atoms with Gasteiger partial charge in [-0.2, -0.15) is 4.31 Å². The number of nitrogens with zero attached hydrogens (tertiary/aromatic N) is 1. The van der Waals surface area contributed by atoms with Gasteiger partial charge in [0.05, 0.1) is 0 Å². The minimum absolute atomic E-state index is 0. The predicted octanol–water partition coefficient (Wildman–Crippen LogP) is 1.31. The molecule has 1 heterocycles. The Morgan fingerprint density at radius 3 is 2.33 bits per heavy atom. The lowest BCUT2D eigenvalue weighted by Gasteiger charge is -2.25. The number of hydrogen-bond acceptors (Lipinski definition) is 3. The van der Waals surface area contributed by atoms with Crippen molar-refractivity contribution in [2.24, 2.45) is 0 Å². The molecule has 0 aromatic heterocycles. The van der Waals surface area contributed by atoms with E-state index in [0.29, 0.717) is 13.1 Å². The molecule has 1 aliphatic rings. The lowest BCUT2D eigenvalue weighted by molar-refractivity contribution is 0.364. The van der Waals surface area contributed by atoms with Crippen LogP contribution in [-0.4, -0.2) is 38.9 Å². The molecule has 1 saturated heterocycles. The fraction of sp³-hybridized carbons (Fsp3) is 0.333. The first-order valence-corrected chi connectivity index (χ1v) is 7.13. The van der Waals surface area contributed by atoms with Crippen molar-refractivity contribution in [1.29, 1.82) is 0 Å². The van der Waals surface area contributed by atoms with E-state index < -0.39 is 10.0 Å². The third-order valence-corrected chi connectivity index (χ3v) is 4.23. The van der Waals surface area contributed by atoms with Gasteiger partial charge < -0.3 is 5.32 Å². The van der Waals surface area contributed by atoms with E-state index in [1.54, 1.807) is 6.08 Å². The Hall–Kier alpha value is -0.880. The summed E-state index contributed by atoms with van der Waals surface area (Å²) in [7, 11) is -3.27. The summed E-state index contributed by atoms with van der Waals surface area (Å²) >= 11 is 0. The third-order valence-electron chi connectivity index (χ3n) is 2.67. The average molecular weight is 289 g/mol. The van der Waals surface area contributed by atoms with Crippen LogP contribution in [0.2, 0.25) is 0 Å². The van der Waals surface area contributed by atoms with E-state index in [2.05, 4.69) is 5.32 Å². The molecule has 0 radical (unpaired) electrons. The lowest BCUT2D eigenvalue weighted by Crippen LogP contribution is -2.45. The summed E-state index contributed by atoms with van der Waals surface area (Å²) in [6, 6.07) is 9.43. The molecule has 1 aromatic rings. The first-order valence-electron chi connectivity index (χ1n) is 5.62. The van der Waals surface area contributed by atoms with Gasteiger partial charge in [-0.25, -0.2) is 8.42 Å². The van der Waals surface area contributed by atoms with Crippen LogP contribution in [0.3, 0.4) is 0 Å². The highest BCUT2D eigenvalue weighted by atomic mass is 35.5. The van der Waals surface area contributed by atoms with Gasteiger partial charge >= 0.3 is 0 Å². The van der Waals surface area contributed by atoms with E-state index in [4.69, 9.17) is 0 Å². The fourth-order valence-corrected chi connectivity index (χ4v) is 2.91. The Morgan fingerprint density at radius 2 is 1.72 bits per heavy atom. The first-order chi connectivity index (χ1) is 8.18. The minimum Gasteiger partial charge on any atom is -0.314 e. The van der Waals surface area contributed by atoms with Crippen LogP contribution in [0.5, 0.6) is 0 Å². The molecule has 1 fully saturated rings. The summed E-state index contributed by atoms with van der Waals surface area (Å²) < 4.78 is 25.4. The van der Waals surface area contributed by atoms with Gasteiger partial charge in [0.25, 0.3) is 0 Å². The fourth-order valence-electron chi connectivity index (χ4n) is 1.71. The summed E-state index contributed by atoms with van der Waals surface area (Å²) in [5, 5.41) is 4.42. The zero-order valence-electron chi connectivity index (χ0n) is 9.95. The average Bonchev–Trinajstić information content (AvgIpc) is 2.39. The van der Waals surface area contributed by atoms with Crippen LogP contribution in [0.4, 0.5) is 0 Å². The third kappa shape index (κ3) is 4.10. The van der Waals surface area contributed by atoms with E-state index in [0.717, 1.165) is 18.7 Å². The van der Waals surface area contributed by atoms with Gasteiger partial charge in [-0.15, -0.1) is 12.4 Å². The maximum atomic E-state index is 12.0. The molecular weight excluding hydrogens is 272 g/mol. The molecule has 4 nitrogen and oxygen atoms in total. The zero-order valence-corrected chi connectivity index (χ0v) is 11.6. The molecule has 6 heteroatoms. The number of hydrogen-bond donors (Lipinski definition) is 1. The van der Waals surface area contributed by atoms with Crippen molar-refractivity contribution in [2.45, 2.75) is 0 Å². The molecule has 1 N–H and O–H groups in total. The second-order valence-corrected chi connectivity index (χ2v) is 5.73. The van der Waals surface area contributed by atoms with E-state index in [9.17, 15) is 8.42 Å². The van der Waals surface area contributed by atoms with E-state index in [-0.39, 0.29) is 12.4 Å². The summed E-state index contributed by atoms with van der Waals surface area (Å²) in [6.45, 7) is 2.53. The molecule has 0 saturated carbocycles. The maximum Gasteiger partial charge on any atom is 0.236 e. The highest BCUT2D eigenvalue weighted by molar-refractivity contribution is 7.92. The van der Waals surface area contributed by atoms with Crippen molar-refractivity contribution in [3.05, 3.63) is 41.3 Å². The van der Waals surface area contributed by atoms with E-state index in [1.165, 1.54) is 9.71 Å². The highest BCUT2D eigenvalue weighted by Crippen LogP contribution is 2.08. The molecular formula is C12H17ClN2O2S. The molecule has 1 aliphatic heterocycles. The summed E-state index contributed by atoms with van der Waals surface area (Å²) in [5.41, 5.74) is 0.895. The Bertz CT molecular complexity index is 482. The molecule has 18 heavy (non-hydrogen) atoms. The minimum atomic E-state index is -3.27. The van der Waals surface area contributed by atoms with Gasteiger partial charge in [-0.1, -0.05) is 30.3 Å². The summed E-state index contributed by atoms with van der Waals surface area (Å²) in [5.74, 6) is 0. The van der Waals surface area contributed by atoms with E-state index >= 15 is 0 Å². The van der Waals surface area contributed by atoms with Crippen molar-refractivity contribution in [3.8, 4) is 0 Å². The quantitative estimate of drug-likeness (QED) is 0.912. The van der Waals surface area contributed by atoms with Gasteiger partial charge in [0.15, 0.2) is 0 Å². The van der Waals surface area contributed by atoms with Gasteiger partial charge in [0.1, 0.15) is 0 Å². The molecule has 0 aliphatic carbocycles. The maximum absolute atomic E-state index is 12.0. The Morgan fingerprint density at radius 1 is 1.11 bits per heavy atom. The van der Waals surface area contributed by atoms with Crippen LogP contribution in [0.1, 0.15) is 5.56 Å². The van der Waals surface area contributed by atoms with Crippen molar-refractivity contribution < 1.29 is 8.42 Å². The van der Waals surface area contributed by atoms with Crippen LogP contribution < -0.4 is 5.32 Å². The second-order valence-electron chi connectivity index (χ2n) is 3.91. The van der Waals surface area contributed by atoms with Crippen molar-refractivity contribution >= 4 is 28.5 Å². The van der Waals surface area contributed by atoms with Crippen LogP contribution in [0.15, 0.2) is 35.7 Å². The number of halogens is 1. The first kappa shape index (κ1) is 15.2. The number of sulfonamides is 1. The highest BCUT2D eigenvalue weighted by Gasteiger charge is 2.20. The number of piperazine rings is 1. The number of rotatable bonds is 3. The van der Waals surface area contributed by atoms with Crippen molar-refractivity contribution in [2.75, 3.05) is 26.2 Å². The SMILES string of the molecule is Cl.O=S(=O)(/C=C/c1ccccc1)N1CCNCC1. The molecule has 2 rings (SSSR count). The predicted molar refractivity (Wildman–Crippen MR) is 76.1 cm³/mol. The normalized spacial score (nSPS) is 17.6. The molecule has 0 spiro atoms. The largest absolute Gasteiger partial charge is 0.314 e. The van der Waals surface area contributed by atoms with Crippen LogP contribution in [-0.2, 0) is 10.0 Å². The van der Waals surface area contributed by atoms with Crippen molar-refractivity contribution in [3.63, 3.8) is 0 Å². The van der Waals surface area contributed by atoms with Gasteiger partial charge in [-0.3, -0.25) is 0 Å². The molecule has 0 bridgehead atoms. The smallest absolute Gasteiger partial charge is 0.236 e. The molecule has 0 atom stereocenters. The number of nitrogens with one attached hydrogen (secondary N) is 1. The zero-order chi connectivity index (χ0) is 12.1. The summed E-state index contributed by atoms with van der Waals surface area (Å²) in [6.07, 6.45) is 1.64. The molecule has 0 unspecified atom stereocenters. The van der Waals surface area contributed by atoms with Gasteiger partial charge in [-0.05, 0) is 11.6 Å². The monoisotopic (exact) mass is 288 g/mol. The van der Waals surface area contributed by atoms with Crippen LogP contribution in [0.25, 0.3) is 6.08 Å². The van der Waals surface area contributed by atoms with Crippen LogP contribution in [0, 0.1) is 0 Å². The number of benzene rings is 1. The molecule has 100 valence electrons. The van der Waals surface area contributed by atoms with Gasteiger partial charge in [0, 0.05) is 31.6 Å². The standard InChI is InChI=1S/C12H16N2O2S.ClH/c15-17(16,14-9-7-13-8-10-14)11-6-12-4-2-1-3-5-12;/h1-6,11,13H,7-10H2;1H/b11-6+;. The Balaban J connectivity index is 0.00000162. The second kappa shape index (κ2) is 6.89.